The molecule has 0 amide bonds. The van der Waals surface area contributed by atoms with E-state index < -0.39 is 15.8 Å². The van der Waals surface area contributed by atoms with Gasteiger partial charge in [-0.2, -0.15) is 14.4 Å². The Hall–Kier alpha value is -2.35. The predicted molar refractivity (Wildman–Crippen MR) is 137 cm³/mol. The lowest BCUT2D eigenvalue weighted by molar-refractivity contribution is 0.0287. The van der Waals surface area contributed by atoms with Crippen LogP contribution in [0.5, 0.6) is 0 Å². The number of aromatic nitrogens is 4. The van der Waals surface area contributed by atoms with E-state index in [1.807, 2.05) is 18.9 Å². The van der Waals surface area contributed by atoms with Gasteiger partial charge in [-0.05, 0) is 46.0 Å². The fraction of sp³-hybridized carbons (Fsp3) is 0.708. The number of rotatable bonds is 9. The molecule has 4 atom stereocenters. The monoisotopic (exact) mass is 537 g/mol. The van der Waals surface area contributed by atoms with Gasteiger partial charge in [-0.15, -0.1) is 0 Å². The highest BCUT2D eigenvalue weighted by molar-refractivity contribution is 7.89. The van der Waals surface area contributed by atoms with Crippen LogP contribution in [0.1, 0.15) is 56.8 Å². The summed E-state index contributed by atoms with van der Waals surface area (Å²) in [5, 5.41) is 9.95. The lowest BCUT2D eigenvalue weighted by Crippen LogP contribution is -2.58. The van der Waals surface area contributed by atoms with Crippen LogP contribution < -0.4 is 10.2 Å². The number of halogens is 1. The fourth-order valence-electron chi connectivity index (χ4n) is 5.65. The maximum atomic E-state index is 15.5. The van der Waals surface area contributed by atoms with E-state index >= 15 is 4.39 Å². The van der Waals surface area contributed by atoms with Crippen molar-refractivity contribution in [3.63, 3.8) is 0 Å². The zero-order valence-electron chi connectivity index (χ0n) is 21.6. The summed E-state index contributed by atoms with van der Waals surface area (Å²) in [5.41, 5.74) is 0.990. The lowest BCUT2D eigenvalue weighted by Gasteiger charge is -2.49. The zero-order chi connectivity index (χ0) is 26.2. The number of hydrogen-bond donors (Lipinski definition) is 2. The van der Waals surface area contributed by atoms with Gasteiger partial charge < -0.3 is 19.7 Å². The molecule has 0 unspecified atom stereocenters. The Balaban J connectivity index is 1.41. The first-order chi connectivity index (χ1) is 17.7. The Bertz CT molecular complexity index is 1190. The average molecular weight is 538 g/mol. The summed E-state index contributed by atoms with van der Waals surface area (Å²) in [6.07, 6.45) is 4.75. The number of sulfonamides is 1. The highest BCUT2D eigenvalue weighted by Gasteiger charge is 2.45. The molecule has 0 aromatic carbocycles. The van der Waals surface area contributed by atoms with Crippen molar-refractivity contribution in [3.8, 4) is 0 Å². The highest BCUT2D eigenvalue weighted by atomic mass is 32.2. The maximum Gasteiger partial charge on any atom is 0.227 e. The second kappa shape index (κ2) is 10.8. The van der Waals surface area contributed by atoms with Crippen LogP contribution in [0.2, 0.25) is 0 Å². The van der Waals surface area contributed by atoms with Crippen LogP contribution in [-0.2, 0) is 26.1 Å². The van der Waals surface area contributed by atoms with Crippen molar-refractivity contribution in [2.45, 2.75) is 83.2 Å². The first-order valence-corrected chi connectivity index (χ1v) is 14.6. The highest BCUT2D eigenvalue weighted by Crippen LogP contribution is 2.38. The molecule has 3 aliphatic heterocycles. The molecule has 3 fully saturated rings. The van der Waals surface area contributed by atoms with Crippen LogP contribution in [0.4, 0.5) is 22.0 Å². The summed E-state index contributed by atoms with van der Waals surface area (Å²) in [4.78, 5) is 11.1. The number of H-pyrrole nitrogens is 1. The van der Waals surface area contributed by atoms with Gasteiger partial charge in [0.25, 0.3) is 0 Å². The molecule has 0 aliphatic carbocycles. The zero-order valence-corrected chi connectivity index (χ0v) is 22.4. The largest absolute Gasteiger partial charge is 0.379 e. The van der Waals surface area contributed by atoms with E-state index in [0.717, 1.165) is 31.4 Å². The molecule has 2 N–H and O–H groups in total. The molecule has 204 valence electrons. The topological polar surface area (TPSA) is 126 Å². The Morgan fingerprint density at radius 3 is 2.65 bits per heavy atom. The van der Waals surface area contributed by atoms with Gasteiger partial charge >= 0.3 is 0 Å². The summed E-state index contributed by atoms with van der Waals surface area (Å²) >= 11 is 0. The van der Waals surface area contributed by atoms with Gasteiger partial charge in [-0.1, -0.05) is 6.42 Å². The van der Waals surface area contributed by atoms with Crippen molar-refractivity contribution >= 4 is 27.6 Å². The quantitative estimate of drug-likeness (QED) is 0.497. The van der Waals surface area contributed by atoms with E-state index in [2.05, 4.69) is 25.5 Å². The molecule has 3 saturated heterocycles. The van der Waals surface area contributed by atoms with E-state index in [9.17, 15) is 8.42 Å². The Labute approximate surface area is 217 Å². The molecule has 13 heteroatoms. The number of nitrogens with one attached hydrogen (secondary N) is 2. The number of hydrogen-bond acceptors (Lipinski definition) is 9. The molecule has 11 nitrogen and oxygen atoms in total. The summed E-state index contributed by atoms with van der Waals surface area (Å²) in [5.74, 6) is 0.367. The van der Waals surface area contributed by atoms with Crippen LogP contribution in [-0.4, -0.2) is 83.1 Å². The Morgan fingerprint density at radius 2 is 2.03 bits per heavy atom. The molecular weight excluding hydrogens is 501 g/mol. The van der Waals surface area contributed by atoms with E-state index in [4.69, 9.17) is 9.47 Å². The van der Waals surface area contributed by atoms with E-state index in [-0.39, 0.29) is 48.1 Å². The van der Waals surface area contributed by atoms with Crippen molar-refractivity contribution in [1.29, 1.82) is 0 Å². The molecule has 0 radical (unpaired) electrons. The minimum Gasteiger partial charge on any atom is -0.379 e. The summed E-state index contributed by atoms with van der Waals surface area (Å²) < 4.78 is 54.1. The molecular formula is C24H36FN7O4S. The number of anilines is 3. The molecule has 0 saturated carbocycles. The first-order valence-electron chi connectivity index (χ1n) is 13.0. The molecule has 5 heterocycles. The third-order valence-electron chi connectivity index (χ3n) is 7.64. The number of fused-ring (bicyclic) bond motifs is 2. The van der Waals surface area contributed by atoms with E-state index in [1.165, 1.54) is 0 Å². The Morgan fingerprint density at radius 1 is 1.27 bits per heavy atom. The van der Waals surface area contributed by atoms with E-state index in [1.54, 1.807) is 17.3 Å². The van der Waals surface area contributed by atoms with Crippen molar-refractivity contribution in [2.24, 2.45) is 0 Å². The fourth-order valence-corrected chi connectivity index (χ4v) is 7.24. The Kier molecular flexibility index (Phi) is 7.66. The molecule has 37 heavy (non-hydrogen) atoms. The number of piperidine rings is 2. The van der Waals surface area contributed by atoms with Gasteiger partial charge in [0.15, 0.2) is 17.5 Å². The van der Waals surface area contributed by atoms with Crippen LogP contribution in [0.3, 0.4) is 0 Å². The number of aromatic amines is 1. The van der Waals surface area contributed by atoms with Crippen LogP contribution in [0.15, 0.2) is 6.07 Å². The van der Waals surface area contributed by atoms with Gasteiger partial charge in [0.05, 0.1) is 25.1 Å². The second-order valence-corrected chi connectivity index (χ2v) is 12.4. The van der Waals surface area contributed by atoms with Crippen molar-refractivity contribution in [3.05, 3.63) is 23.3 Å². The SMILES string of the molecule is CCS(=O)(=O)N1[C@@H]2CCC[C@H]1C[C@H](N(C)c1nc(CO[C@@H]3CCOC3)c(F)c(Nc3cc(C)[nH]n3)n1)C2. The van der Waals surface area contributed by atoms with Gasteiger partial charge in [0.2, 0.25) is 16.0 Å². The van der Waals surface area contributed by atoms with Crippen molar-refractivity contribution < 1.29 is 22.3 Å². The van der Waals surface area contributed by atoms with Crippen LogP contribution in [0, 0.1) is 12.7 Å². The van der Waals surface area contributed by atoms with Crippen molar-refractivity contribution in [1.82, 2.24) is 24.5 Å². The lowest BCUT2D eigenvalue weighted by atomic mass is 9.83. The molecule has 0 spiro atoms. The molecule has 2 bridgehead atoms. The third-order valence-corrected chi connectivity index (χ3v) is 9.60. The van der Waals surface area contributed by atoms with Gasteiger partial charge in [0, 0.05) is 43.5 Å². The summed E-state index contributed by atoms with van der Waals surface area (Å²) in [7, 11) is -1.38. The minimum atomic E-state index is -3.27. The smallest absolute Gasteiger partial charge is 0.227 e. The standard InChI is InChI=1S/C24H36FN7O4S/c1-4-37(33,34)32-16-6-5-7-17(32)12-18(11-16)31(3)24-26-20(14-36-19-8-9-35-13-19)22(25)23(28-24)27-21-10-15(2)29-30-21/h10,16-19H,4-9,11-14H2,1-3H3,(H2,26,27,28,29,30)/t16-,17+,18-,19-/m1/s1. The first kappa shape index (κ1) is 26.3. The predicted octanol–water partition coefficient (Wildman–Crippen LogP) is 2.87. The summed E-state index contributed by atoms with van der Waals surface area (Å²) in [6, 6.07) is 1.71. The van der Waals surface area contributed by atoms with Crippen molar-refractivity contribution in [2.75, 3.05) is 36.2 Å². The molecule has 3 aliphatic rings. The second-order valence-electron chi connectivity index (χ2n) is 10.2. The van der Waals surface area contributed by atoms with Gasteiger partial charge in [-0.25, -0.2) is 17.8 Å². The molecule has 2 aromatic heterocycles. The normalized spacial score (nSPS) is 26.4. The van der Waals surface area contributed by atoms with Crippen LogP contribution >= 0.6 is 0 Å². The number of ether oxygens (including phenoxy) is 2. The average Bonchev–Trinajstić information content (AvgIpc) is 3.54. The minimum absolute atomic E-state index is 0.00404. The van der Waals surface area contributed by atoms with Gasteiger partial charge in [-0.3, -0.25) is 5.10 Å². The van der Waals surface area contributed by atoms with Gasteiger partial charge in [0.1, 0.15) is 5.69 Å². The number of aryl methyl sites for hydroxylation is 1. The third kappa shape index (κ3) is 5.59. The van der Waals surface area contributed by atoms with Crippen LogP contribution in [0.25, 0.3) is 0 Å². The maximum absolute atomic E-state index is 15.5. The van der Waals surface area contributed by atoms with E-state index in [0.29, 0.717) is 37.8 Å². The summed E-state index contributed by atoms with van der Waals surface area (Å²) in [6.45, 7) is 4.67. The number of nitrogens with zero attached hydrogens (tertiary/aromatic N) is 5. The molecule has 5 rings (SSSR count). The molecule has 2 aromatic rings.